The molecule has 0 radical (unpaired) electrons. The van der Waals surface area contributed by atoms with Crippen molar-refractivity contribution < 1.29 is 23.7 Å². The minimum atomic E-state index is -0.162. The Labute approximate surface area is 223 Å². The smallest absolute Gasteiger partial charge is 0.196 e. The Morgan fingerprint density at radius 1 is 0.605 bits per heavy atom. The topological polar surface area (TPSA) is 54.0 Å². The summed E-state index contributed by atoms with van der Waals surface area (Å²) in [5.41, 5.74) is 2.97. The van der Waals surface area contributed by atoms with Gasteiger partial charge in [-0.25, -0.2) is 0 Å². The molecule has 0 unspecified atom stereocenters. The van der Waals surface area contributed by atoms with Crippen molar-refractivity contribution in [2.45, 2.75) is 13.8 Å². The van der Waals surface area contributed by atoms with Gasteiger partial charge in [0.25, 0.3) is 0 Å². The van der Waals surface area contributed by atoms with Crippen molar-refractivity contribution in [1.29, 1.82) is 0 Å². The minimum Gasteiger partial charge on any atom is -0.493 e. The fourth-order valence-corrected chi connectivity index (χ4v) is 3.95. The molecule has 0 aliphatic carbocycles. The molecule has 0 atom stereocenters. The first-order valence-electron chi connectivity index (χ1n) is 12.3. The lowest BCUT2D eigenvalue weighted by Gasteiger charge is -2.14. The lowest BCUT2D eigenvalue weighted by atomic mass is 10.0. The highest BCUT2D eigenvalue weighted by atomic mass is 16.5. The molecule has 192 valence electrons. The summed E-state index contributed by atoms with van der Waals surface area (Å²) >= 11 is 0. The van der Waals surface area contributed by atoms with Crippen LogP contribution in [0.1, 0.15) is 40.9 Å². The molecule has 0 fully saturated rings. The van der Waals surface area contributed by atoms with Crippen LogP contribution in [0, 0.1) is 0 Å². The van der Waals surface area contributed by atoms with Gasteiger partial charge in [0, 0.05) is 5.56 Å². The molecule has 0 saturated carbocycles. The monoisotopic (exact) mass is 506 g/mol. The van der Waals surface area contributed by atoms with Crippen LogP contribution >= 0.6 is 0 Å². The van der Waals surface area contributed by atoms with E-state index in [0.717, 1.165) is 11.1 Å². The Morgan fingerprint density at radius 3 is 1.71 bits per heavy atom. The highest BCUT2D eigenvalue weighted by molar-refractivity contribution is 6.10. The molecule has 38 heavy (non-hydrogen) atoms. The maximum atomic E-state index is 13.4. The van der Waals surface area contributed by atoms with E-state index >= 15 is 0 Å². The van der Waals surface area contributed by atoms with Gasteiger partial charge in [0.1, 0.15) is 11.5 Å². The number of ether oxygens (including phenoxy) is 4. The number of hydrogen-bond acceptors (Lipinski definition) is 5. The van der Waals surface area contributed by atoms with Gasteiger partial charge in [0.05, 0.1) is 19.8 Å². The first-order chi connectivity index (χ1) is 18.6. The van der Waals surface area contributed by atoms with Crippen LogP contribution in [0.3, 0.4) is 0 Å². The van der Waals surface area contributed by atoms with Crippen LogP contribution in [0.2, 0.25) is 0 Å². The highest BCUT2D eigenvalue weighted by Crippen LogP contribution is 2.36. The molecule has 5 heteroatoms. The lowest BCUT2D eigenvalue weighted by molar-refractivity contribution is 0.103. The van der Waals surface area contributed by atoms with Crippen molar-refractivity contribution in [1.82, 2.24) is 0 Å². The van der Waals surface area contributed by atoms with Gasteiger partial charge >= 0.3 is 0 Å². The van der Waals surface area contributed by atoms with Crippen LogP contribution in [0.5, 0.6) is 34.5 Å². The molecule has 0 aromatic heterocycles. The second kappa shape index (κ2) is 12.5. The minimum absolute atomic E-state index is 0.162. The number of rotatable bonds is 10. The Hall–Kier alpha value is -4.77. The molecular weight excluding hydrogens is 476 g/mol. The normalized spacial score (nSPS) is 11.1. The largest absolute Gasteiger partial charge is 0.493 e. The van der Waals surface area contributed by atoms with Gasteiger partial charge in [-0.1, -0.05) is 48.6 Å². The van der Waals surface area contributed by atoms with E-state index in [0.29, 0.717) is 45.6 Å². The highest BCUT2D eigenvalue weighted by Gasteiger charge is 2.17. The van der Waals surface area contributed by atoms with Gasteiger partial charge in [0.2, 0.25) is 0 Å². The third-order valence-electron chi connectivity index (χ3n) is 5.79. The summed E-state index contributed by atoms with van der Waals surface area (Å²) in [5, 5.41) is 0. The van der Waals surface area contributed by atoms with E-state index in [-0.39, 0.29) is 5.78 Å². The number of carbonyl (C=O) groups is 1. The molecular formula is C33H30O5. The standard InChI is InChI=1S/C33H30O5/c1-5-9-23-13-19-29(31(21-23)35-3)37-26-17-15-25(16-18-26)33(34)27-11-7-8-12-28(27)38-30-20-14-24(10-6-2)22-32(30)36-4/h5-22H,1-4H3/b9-5-,10-6-. The Morgan fingerprint density at radius 2 is 1.16 bits per heavy atom. The number of methoxy groups -OCH3 is 2. The molecule has 0 aliphatic rings. The zero-order valence-electron chi connectivity index (χ0n) is 21.9. The van der Waals surface area contributed by atoms with E-state index < -0.39 is 0 Å². The van der Waals surface area contributed by atoms with E-state index in [1.807, 2.05) is 86.7 Å². The van der Waals surface area contributed by atoms with Gasteiger partial charge < -0.3 is 18.9 Å². The second-order valence-corrected chi connectivity index (χ2v) is 8.37. The quantitative estimate of drug-likeness (QED) is 0.202. The van der Waals surface area contributed by atoms with E-state index in [1.165, 1.54) is 0 Å². The molecule has 4 aromatic carbocycles. The summed E-state index contributed by atoms with van der Waals surface area (Å²) in [7, 11) is 3.20. The van der Waals surface area contributed by atoms with Crippen LogP contribution in [0.25, 0.3) is 12.2 Å². The summed E-state index contributed by atoms with van der Waals surface area (Å²) in [6.07, 6.45) is 7.89. The van der Waals surface area contributed by atoms with Crippen molar-refractivity contribution in [2.24, 2.45) is 0 Å². The van der Waals surface area contributed by atoms with Crippen LogP contribution < -0.4 is 18.9 Å². The van der Waals surface area contributed by atoms with Crippen LogP contribution in [0.15, 0.2) is 97.1 Å². The third kappa shape index (κ3) is 6.13. The molecule has 0 saturated heterocycles. The molecule has 5 nitrogen and oxygen atoms in total. The van der Waals surface area contributed by atoms with E-state index in [2.05, 4.69) is 0 Å². The zero-order valence-corrected chi connectivity index (χ0v) is 21.9. The number of hydrogen-bond donors (Lipinski definition) is 0. The lowest BCUT2D eigenvalue weighted by Crippen LogP contribution is -2.04. The summed E-state index contributed by atoms with van der Waals surface area (Å²) in [6, 6.07) is 25.6. The van der Waals surface area contributed by atoms with E-state index in [9.17, 15) is 4.79 Å². The van der Waals surface area contributed by atoms with Crippen molar-refractivity contribution in [3.05, 3.63) is 119 Å². The maximum Gasteiger partial charge on any atom is 0.196 e. The van der Waals surface area contributed by atoms with Crippen LogP contribution in [-0.2, 0) is 0 Å². The van der Waals surface area contributed by atoms with Crippen LogP contribution in [-0.4, -0.2) is 20.0 Å². The molecule has 0 spiro atoms. The average Bonchev–Trinajstić information content (AvgIpc) is 2.95. The summed E-state index contributed by atoms with van der Waals surface area (Å²) in [6.45, 7) is 3.92. The number of allylic oxidation sites excluding steroid dienone is 2. The van der Waals surface area contributed by atoms with Gasteiger partial charge in [-0.15, -0.1) is 0 Å². The Kier molecular flexibility index (Phi) is 8.62. The maximum absolute atomic E-state index is 13.4. The SMILES string of the molecule is C/C=C\c1ccc(Oc2ccc(C(=O)c3ccccc3Oc3ccc(/C=C\C)cc3OC)cc2)c(OC)c1. The van der Waals surface area contributed by atoms with Gasteiger partial charge in [0.15, 0.2) is 28.8 Å². The van der Waals surface area contributed by atoms with E-state index in [4.69, 9.17) is 18.9 Å². The number of ketones is 1. The van der Waals surface area contributed by atoms with Crippen molar-refractivity contribution >= 4 is 17.9 Å². The number of para-hydroxylation sites is 1. The van der Waals surface area contributed by atoms with Crippen LogP contribution in [0.4, 0.5) is 0 Å². The summed E-state index contributed by atoms with van der Waals surface area (Å²) < 4.78 is 23.2. The number of carbonyl (C=O) groups excluding carboxylic acids is 1. The predicted molar refractivity (Wildman–Crippen MR) is 152 cm³/mol. The van der Waals surface area contributed by atoms with Gasteiger partial charge in [-0.2, -0.15) is 0 Å². The Bertz CT molecular complexity index is 1470. The second-order valence-electron chi connectivity index (χ2n) is 8.37. The molecule has 4 aromatic rings. The van der Waals surface area contributed by atoms with E-state index in [1.54, 1.807) is 50.6 Å². The van der Waals surface area contributed by atoms with Gasteiger partial charge in [-0.05, 0) is 85.6 Å². The first kappa shape index (κ1) is 26.3. The molecule has 0 N–H and O–H groups in total. The fraction of sp³-hybridized carbons (Fsp3) is 0.121. The fourth-order valence-electron chi connectivity index (χ4n) is 3.95. The molecule has 0 aliphatic heterocycles. The first-order valence-corrected chi connectivity index (χ1v) is 12.3. The van der Waals surface area contributed by atoms with Crippen molar-refractivity contribution in [3.63, 3.8) is 0 Å². The predicted octanol–water partition coefficient (Wildman–Crippen LogP) is 8.59. The van der Waals surface area contributed by atoms with Crippen molar-refractivity contribution in [3.8, 4) is 34.5 Å². The average molecular weight is 507 g/mol. The molecule has 4 rings (SSSR count). The van der Waals surface area contributed by atoms with Crippen molar-refractivity contribution in [2.75, 3.05) is 14.2 Å². The Balaban J connectivity index is 1.55. The molecule has 0 heterocycles. The summed E-state index contributed by atoms with van der Waals surface area (Å²) in [5.74, 6) is 3.20. The van der Waals surface area contributed by atoms with Gasteiger partial charge in [-0.3, -0.25) is 4.79 Å². The number of benzene rings is 4. The molecule has 0 amide bonds. The molecule has 0 bridgehead atoms. The summed E-state index contributed by atoms with van der Waals surface area (Å²) in [4.78, 5) is 13.4. The third-order valence-corrected chi connectivity index (χ3v) is 5.79. The zero-order chi connectivity index (χ0) is 26.9.